The van der Waals surface area contributed by atoms with E-state index in [0.717, 1.165) is 5.69 Å². The predicted molar refractivity (Wildman–Crippen MR) is 113 cm³/mol. The highest BCUT2D eigenvalue weighted by Crippen LogP contribution is 2.36. The molecule has 5 heteroatoms. The SMILES string of the molecule is CCOC(=O)C1=CC[C@H](C2CCCCC2)N(c2ccccc2)C=C1C(=O)OCC. The van der Waals surface area contributed by atoms with E-state index in [4.69, 9.17) is 9.47 Å². The van der Waals surface area contributed by atoms with Crippen LogP contribution in [0.4, 0.5) is 5.69 Å². The lowest BCUT2D eigenvalue weighted by Gasteiger charge is -2.37. The van der Waals surface area contributed by atoms with Crippen molar-refractivity contribution in [1.29, 1.82) is 0 Å². The van der Waals surface area contributed by atoms with Gasteiger partial charge in [-0.15, -0.1) is 0 Å². The maximum absolute atomic E-state index is 12.8. The maximum atomic E-state index is 12.8. The van der Waals surface area contributed by atoms with Crippen molar-refractivity contribution in [2.75, 3.05) is 18.1 Å². The van der Waals surface area contributed by atoms with Crippen molar-refractivity contribution < 1.29 is 19.1 Å². The summed E-state index contributed by atoms with van der Waals surface area (Å²) in [6.45, 7) is 4.05. The Labute approximate surface area is 173 Å². The van der Waals surface area contributed by atoms with Gasteiger partial charge in [0.15, 0.2) is 0 Å². The summed E-state index contributed by atoms with van der Waals surface area (Å²) < 4.78 is 10.5. The second-order valence-electron chi connectivity index (χ2n) is 7.55. The van der Waals surface area contributed by atoms with E-state index in [1.807, 2.05) is 42.6 Å². The number of carbonyl (C=O) groups is 2. The van der Waals surface area contributed by atoms with E-state index in [0.29, 0.717) is 17.9 Å². The van der Waals surface area contributed by atoms with Gasteiger partial charge in [-0.1, -0.05) is 43.5 Å². The molecule has 1 heterocycles. The van der Waals surface area contributed by atoms with Crippen LogP contribution in [0.3, 0.4) is 0 Å². The molecule has 5 nitrogen and oxygen atoms in total. The molecule has 1 atom stereocenters. The second kappa shape index (κ2) is 10.3. The Kier molecular flexibility index (Phi) is 7.50. The summed E-state index contributed by atoms with van der Waals surface area (Å²) in [4.78, 5) is 27.6. The zero-order valence-electron chi connectivity index (χ0n) is 17.4. The van der Waals surface area contributed by atoms with Gasteiger partial charge in [0.05, 0.1) is 24.4 Å². The fourth-order valence-corrected chi connectivity index (χ4v) is 4.34. The molecule has 1 aromatic carbocycles. The van der Waals surface area contributed by atoms with Crippen molar-refractivity contribution in [3.05, 3.63) is 53.8 Å². The normalized spacial score (nSPS) is 20.3. The van der Waals surface area contributed by atoms with Gasteiger partial charge in [-0.2, -0.15) is 0 Å². The molecular weight excluding hydrogens is 366 g/mol. The first kappa shape index (κ1) is 21.2. The van der Waals surface area contributed by atoms with Gasteiger partial charge in [-0.05, 0) is 51.2 Å². The molecule has 0 aromatic heterocycles. The minimum Gasteiger partial charge on any atom is -0.462 e. The van der Waals surface area contributed by atoms with Gasteiger partial charge in [0.1, 0.15) is 0 Å². The first-order chi connectivity index (χ1) is 14.2. The summed E-state index contributed by atoms with van der Waals surface area (Å²) in [6, 6.07) is 10.3. The average molecular weight is 398 g/mol. The largest absolute Gasteiger partial charge is 0.462 e. The molecule has 0 unspecified atom stereocenters. The molecule has 1 fully saturated rings. The summed E-state index contributed by atoms with van der Waals surface area (Å²) >= 11 is 0. The van der Waals surface area contributed by atoms with Gasteiger partial charge in [0.25, 0.3) is 0 Å². The van der Waals surface area contributed by atoms with Crippen LogP contribution >= 0.6 is 0 Å². The molecule has 29 heavy (non-hydrogen) atoms. The number of para-hydroxylation sites is 1. The third kappa shape index (κ3) is 5.08. The number of carbonyl (C=O) groups excluding carboxylic acids is 2. The highest BCUT2D eigenvalue weighted by molar-refractivity contribution is 6.07. The van der Waals surface area contributed by atoms with Gasteiger partial charge in [-0.25, -0.2) is 9.59 Å². The Bertz CT molecular complexity index is 762. The zero-order chi connectivity index (χ0) is 20.6. The van der Waals surface area contributed by atoms with Gasteiger partial charge >= 0.3 is 11.9 Å². The third-order valence-electron chi connectivity index (χ3n) is 5.72. The van der Waals surface area contributed by atoms with Crippen LogP contribution < -0.4 is 4.90 Å². The molecule has 156 valence electrons. The van der Waals surface area contributed by atoms with Gasteiger partial charge in [0.2, 0.25) is 0 Å². The monoisotopic (exact) mass is 397 g/mol. The Morgan fingerprint density at radius 1 is 0.931 bits per heavy atom. The van der Waals surface area contributed by atoms with Crippen molar-refractivity contribution in [1.82, 2.24) is 0 Å². The molecule has 3 rings (SSSR count). The summed E-state index contributed by atoms with van der Waals surface area (Å²) in [6.07, 6.45) is 10.4. The molecule has 1 saturated carbocycles. The Balaban J connectivity index is 2.06. The van der Waals surface area contributed by atoms with E-state index >= 15 is 0 Å². The van der Waals surface area contributed by atoms with E-state index in [2.05, 4.69) is 4.90 Å². The summed E-state index contributed by atoms with van der Waals surface area (Å²) in [5.74, 6) is -0.442. The molecule has 0 N–H and O–H groups in total. The average Bonchev–Trinajstić information content (AvgIpc) is 2.96. The summed E-state index contributed by atoms with van der Waals surface area (Å²) in [7, 11) is 0. The Morgan fingerprint density at radius 3 is 2.17 bits per heavy atom. The highest BCUT2D eigenvalue weighted by atomic mass is 16.5. The zero-order valence-corrected chi connectivity index (χ0v) is 17.4. The number of nitrogens with zero attached hydrogens (tertiary/aromatic N) is 1. The molecule has 2 aliphatic rings. The van der Waals surface area contributed by atoms with Crippen LogP contribution in [0.5, 0.6) is 0 Å². The minimum absolute atomic E-state index is 0.189. The first-order valence-electron chi connectivity index (χ1n) is 10.8. The number of esters is 2. The molecule has 0 spiro atoms. The van der Waals surface area contributed by atoms with Crippen LogP contribution in [-0.4, -0.2) is 31.2 Å². The van der Waals surface area contributed by atoms with Gasteiger partial charge in [-0.3, -0.25) is 0 Å². The standard InChI is InChI=1S/C24H31NO4/c1-3-28-23(26)20-15-16-22(18-11-7-5-8-12-18)25(19-13-9-6-10-14-19)17-21(20)24(27)29-4-2/h6,9-10,13-15,17-18,22H,3-5,7-8,11-12,16H2,1-2H3/t22-/m1/s1. The van der Waals surface area contributed by atoms with E-state index in [9.17, 15) is 9.59 Å². The Hall–Kier alpha value is -2.56. The van der Waals surface area contributed by atoms with Crippen molar-refractivity contribution >= 4 is 17.6 Å². The fraction of sp³-hybridized carbons (Fsp3) is 0.500. The molecule has 1 aromatic rings. The number of benzene rings is 1. The number of anilines is 1. The van der Waals surface area contributed by atoms with Gasteiger partial charge < -0.3 is 14.4 Å². The lowest BCUT2D eigenvalue weighted by Crippen LogP contribution is -2.38. The number of rotatable bonds is 6. The number of hydrogen-bond acceptors (Lipinski definition) is 5. The van der Waals surface area contributed by atoms with E-state index < -0.39 is 11.9 Å². The Morgan fingerprint density at radius 2 is 1.55 bits per heavy atom. The van der Waals surface area contributed by atoms with Crippen LogP contribution in [0.25, 0.3) is 0 Å². The van der Waals surface area contributed by atoms with Gasteiger partial charge in [0, 0.05) is 17.9 Å². The van der Waals surface area contributed by atoms with Crippen LogP contribution in [0, 0.1) is 5.92 Å². The number of ether oxygens (including phenoxy) is 2. The van der Waals surface area contributed by atoms with Crippen LogP contribution in [0.1, 0.15) is 52.4 Å². The van der Waals surface area contributed by atoms with Crippen LogP contribution in [0.15, 0.2) is 53.8 Å². The van der Waals surface area contributed by atoms with Crippen molar-refractivity contribution in [3.8, 4) is 0 Å². The summed E-state index contributed by atoms with van der Waals surface area (Å²) in [5, 5.41) is 0. The topological polar surface area (TPSA) is 55.8 Å². The van der Waals surface area contributed by atoms with E-state index in [1.54, 1.807) is 13.8 Å². The predicted octanol–water partition coefficient (Wildman–Crippen LogP) is 4.78. The smallest absolute Gasteiger partial charge is 0.340 e. The highest BCUT2D eigenvalue weighted by Gasteiger charge is 2.33. The third-order valence-corrected chi connectivity index (χ3v) is 5.72. The summed E-state index contributed by atoms with van der Waals surface area (Å²) in [5.41, 5.74) is 1.60. The maximum Gasteiger partial charge on any atom is 0.340 e. The van der Waals surface area contributed by atoms with E-state index in [-0.39, 0.29) is 24.8 Å². The molecule has 1 aliphatic heterocycles. The first-order valence-corrected chi connectivity index (χ1v) is 10.8. The quantitative estimate of drug-likeness (QED) is 0.647. The molecule has 1 aliphatic carbocycles. The van der Waals surface area contributed by atoms with E-state index in [1.165, 1.54) is 32.1 Å². The molecule has 0 amide bonds. The molecule has 0 radical (unpaired) electrons. The lowest BCUT2D eigenvalue weighted by atomic mass is 9.82. The van der Waals surface area contributed by atoms with Crippen molar-refractivity contribution in [2.45, 2.75) is 58.4 Å². The minimum atomic E-state index is -0.489. The molecule has 0 saturated heterocycles. The number of hydrogen-bond donors (Lipinski definition) is 0. The fourth-order valence-electron chi connectivity index (χ4n) is 4.34. The second-order valence-corrected chi connectivity index (χ2v) is 7.55. The van der Waals surface area contributed by atoms with Crippen molar-refractivity contribution in [3.63, 3.8) is 0 Å². The van der Waals surface area contributed by atoms with Crippen molar-refractivity contribution in [2.24, 2.45) is 5.92 Å². The molecular formula is C24H31NO4. The lowest BCUT2D eigenvalue weighted by molar-refractivity contribution is -0.142. The molecule has 0 bridgehead atoms. The van der Waals surface area contributed by atoms with Crippen LogP contribution in [-0.2, 0) is 19.1 Å². The van der Waals surface area contributed by atoms with Crippen LogP contribution in [0.2, 0.25) is 0 Å².